The maximum absolute atomic E-state index is 12.6. The lowest BCUT2D eigenvalue weighted by Crippen LogP contribution is -2.44. The molecule has 0 saturated carbocycles. The Balaban J connectivity index is 2.13. The second-order valence-corrected chi connectivity index (χ2v) is 26.7. The van der Waals surface area contributed by atoms with Crippen LogP contribution in [0.15, 0.2) is 48.6 Å². The first-order valence-electron chi connectivity index (χ1n) is 15.4. The van der Waals surface area contributed by atoms with Crippen LogP contribution in [0, 0.1) is 5.92 Å². The van der Waals surface area contributed by atoms with Crippen LogP contribution < -0.4 is 8.85 Å². The van der Waals surface area contributed by atoms with E-state index in [1.54, 1.807) is 4.58 Å². The fourth-order valence-corrected chi connectivity index (χ4v) is 6.10. The minimum Gasteiger partial charge on any atom is -0.543 e. The van der Waals surface area contributed by atoms with Gasteiger partial charge >= 0.3 is 6.09 Å². The smallest absolute Gasteiger partial charge is 0.543 e. The summed E-state index contributed by atoms with van der Waals surface area (Å²) in [5.74, 6) is 1.95. The molecule has 1 aliphatic heterocycles. The predicted molar refractivity (Wildman–Crippen MR) is 194 cm³/mol. The molecule has 0 aromatic heterocycles. The van der Waals surface area contributed by atoms with Crippen molar-refractivity contribution < 1.29 is 23.0 Å². The fraction of sp³-hybridized carbons (Fsp3) is 0.588. The van der Waals surface area contributed by atoms with Crippen LogP contribution in [0.25, 0.3) is 6.08 Å². The molecular weight excluding hydrogens is 649 g/mol. The van der Waals surface area contributed by atoms with Gasteiger partial charge < -0.3 is 13.6 Å². The largest absolute Gasteiger partial charge is 0.596 e. The maximum Gasteiger partial charge on any atom is 0.596 e. The number of benzene rings is 1. The summed E-state index contributed by atoms with van der Waals surface area (Å²) in [5, 5.41) is 0.182. The van der Waals surface area contributed by atoms with Gasteiger partial charge in [-0.3, -0.25) is 0 Å². The Hall–Kier alpha value is -1.52. The number of nitrogens with zero attached hydrogens (tertiary/aromatic N) is 1. The summed E-state index contributed by atoms with van der Waals surface area (Å²) in [7, 11) is -4.05. The second-order valence-electron chi connectivity index (χ2n) is 14.8. The van der Waals surface area contributed by atoms with E-state index in [9.17, 15) is 4.79 Å². The van der Waals surface area contributed by atoms with E-state index in [1.165, 1.54) is 0 Å². The molecule has 2 rings (SSSR count). The third-order valence-electron chi connectivity index (χ3n) is 8.61. The molecule has 0 spiro atoms. The first kappa shape index (κ1) is 38.7. The summed E-state index contributed by atoms with van der Waals surface area (Å²) in [6.07, 6.45) is 14.4. The zero-order chi connectivity index (χ0) is 33.6. The van der Waals surface area contributed by atoms with E-state index in [0.717, 1.165) is 42.0 Å². The summed E-state index contributed by atoms with van der Waals surface area (Å²) in [4.78, 5) is 12.6. The molecule has 0 N–H and O–H groups in total. The number of hydrogen-bond acceptors (Lipinski definition) is 4. The molecule has 1 amide bonds. The van der Waals surface area contributed by atoms with Crippen LogP contribution in [0.2, 0.25) is 36.3 Å². The van der Waals surface area contributed by atoms with Crippen LogP contribution in [0.5, 0.6) is 11.5 Å². The van der Waals surface area contributed by atoms with Crippen molar-refractivity contribution in [2.45, 2.75) is 108 Å². The number of halogens is 3. The van der Waals surface area contributed by atoms with Gasteiger partial charge in [0, 0.05) is 24.5 Å². The van der Waals surface area contributed by atoms with Crippen LogP contribution in [-0.2, 0) is 4.74 Å². The molecule has 0 unspecified atom stereocenters. The van der Waals surface area contributed by atoms with E-state index < -0.39 is 26.5 Å². The molecule has 1 aromatic rings. The standard InChI is InChI=1S/C34H53Cl3NO4Si2/c1-26-19-20-28(38(24-26)31(39)40-25-34(35,36)37)18-16-14-12-13-15-17-27-21-29(41-43(8,9)32(2,3)4)23-30(22-27)42-44(10,11)33(5,6)7/h12-13,15,17,19-23,26H,14,16,18,24-25H2,1-11H3/q+1/b13-12+,17-15+/t26-/m1/s1. The van der Waals surface area contributed by atoms with Crippen LogP contribution in [0.4, 0.5) is 4.79 Å². The number of carbonyl (C=O) groups is 1. The number of hydrogen-bond donors (Lipinski definition) is 0. The lowest BCUT2D eigenvalue weighted by molar-refractivity contribution is -0.454. The van der Waals surface area contributed by atoms with E-state index >= 15 is 0 Å². The van der Waals surface area contributed by atoms with E-state index in [0.29, 0.717) is 6.54 Å². The molecule has 0 fully saturated rings. The number of carbonyl (C=O) groups excluding carboxylic acids is 1. The Morgan fingerprint density at radius 1 is 0.932 bits per heavy atom. The quantitative estimate of drug-likeness (QED) is 0.0757. The van der Waals surface area contributed by atoms with E-state index in [1.807, 2.05) is 6.08 Å². The average molecular weight is 702 g/mol. The molecule has 0 saturated heterocycles. The Labute approximate surface area is 283 Å². The molecule has 0 radical (unpaired) electrons. The minimum atomic E-state index is -2.02. The highest BCUT2D eigenvalue weighted by Gasteiger charge is 2.41. The van der Waals surface area contributed by atoms with Gasteiger partial charge in [-0.05, 0) is 66.8 Å². The van der Waals surface area contributed by atoms with Crippen molar-refractivity contribution in [2.24, 2.45) is 5.92 Å². The SMILES string of the molecule is C[C@@H]1C=CC(CCC/C=C/C=C/c2cc(O[Si](C)(C)C(C)(C)C)cc(O[Si](C)(C)C(C)(C)C)c2)=[N+](C(=O)OCC(Cl)(Cl)Cl)C1. The van der Waals surface area contributed by atoms with Gasteiger partial charge in [0.2, 0.25) is 20.4 Å². The normalized spacial score (nSPS) is 17.1. The molecule has 1 atom stereocenters. The number of amides is 1. The van der Waals surface area contributed by atoms with Crippen molar-refractivity contribution in [2.75, 3.05) is 13.2 Å². The molecule has 1 aliphatic rings. The molecule has 246 valence electrons. The summed E-state index contributed by atoms with van der Waals surface area (Å²) in [5.41, 5.74) is 1.95. The van der Waals surface area contributed by atoms with Gasteiger partial charge in [-0.15, -0.1) is 4.58 Å². The van der Waals surface area contributed by atoms with Crippen molar-refractivity contribution in [3.05, 3.63) is 54.1 Å². The zero-order valence-electron chi connectivity index (χ0n) is 28.5. The first-order valence-corrected chi connectivity index (χ1v) is 22.4. The summed E-state index contributed by atoms with van der Waals surface area (Å²) in [6, 6.07) is 6.27. The van der Waals surface area contributed by atoms with Gasteiger partial charge in [-0.1, -0.05) is 114 Å². The fourth-order valence-electron chi connectivity index (χ4n) is 3.91. The molecule has 10 heteroatoms. The molecular formula is C34H53Cl3NO4Si2+. The van der Waals surface area contributed by atoms with Crippen LogP contribution >= 0.6 is 34.8 Å². The van der Waals surface area contributed by atoms with Crippen LogP contribution in [0.3, 0.4) is 0 Å². The van der Waals surface area contributed by atoms with Gasteiger partial charge in [-0.2, -0.15) is 4.79 Å². The number of alkyl halides is 3. The second kappa shape index (κ2) is 15.4. The summed E-state index contributed by atoms with van der Waals surface area (Å²) >= 11 is 17.3. The average Bonchev–Trinajstić information content (AvgIpc) is 2.85. The maximum atomic E-state index is 12.6. The molecule has 1 heterocycles. The van der Waals surface area contributed by atoms with E-state index in [4.69, 9.17) is 48.4 Å². The zero-order valence-corrected chi connectivity index (χ0v) is 32.8. The highest BCUT2D eigenvalue weighted by molar-refractivity contribution is 6.75. The minimum absolute atomic E-state index is 0.0911. The molecule has 0 aliphatic carbocycles. The Morgan fingerprint density at radius 2 is 1.48 bits per heavy atom. The Kier molecular flexibility index (Phi) is 13.5. The monoisotopic (exact) mass is 700 g/mol. The number of rotatable bonds is 11. The van der Waals surface area contributed by atoms with Crippen molar-refractivity contribution in [1.82, 2.24) is 0 Å². The summed E-state index contributed by atoms with van der Waals surface area (Å²) < 4.78 is 18.6. The van der Waals surface area contributed by atoms with Crippen LogP contribution in [0.1, 0.15) is 73.3 Å². The van der Waals surface area contributed by atoms with E-state index in [-0.39, 0.29) is 22.6 Å². The third kappa shape index (κ3) is 12.4. The molecule has 1 aromatic carbocycles. The first-order chi connectivity index (χ1) is 20.0. The van der Waals surface area contributed by atoms with Crippen molar-refractivity contribution in [3.63, 3.8) is 0 Å². The van der Waals surface area contributed by atoms with Crippen molar-refractivity contribution >= 4 is 69.3 Å². The summed E-state index contributed by atoms with van der Waals surface area (Å²) in [6.45, 7) is 24.9. The lowest BCUT2D eigenvalue weighted by Gasteiger charge is -2.38. The number of unbranched alkanes of at least 4 members (excludes halogenated alkanes) is 1. The van der Waals surface area contributed by atoms with Gasteiger partial charge in [-0.25, -0.2) is 0 Å². The highest BCUT2D eigenvalue weighted by atomic mass is 35.6. The number of allylic oxidation sites excluding steroid dienone is 4. The molecule has 0 bridgehead atoms. The van der Waals surface area contributed by atoms with Gasteiger partial charge in [0.15, 0.2) is 12.3 Å². The lowest BCUT2D eigenvalue weighted by atomic mass is 10.0. The predicted octanol–water partition coefficient (Wildman–Crippen LogP) is 11.4. The molecule has 5 nitrogen and oxygen atoms in total. The third-order valence-corrected chi connectivity index (χ3v) is 17.7. The van der Waals surface area contributed by atoms with Gasteiger partial charge in [0.1, 0.15) is 18.1 Å². The highest BCUT2D eigenvalue weighted by Crippen LogP contribution is 2.41. The topological polar surface area (TPSA) is 47.8 Å². The number of ether oxygens (including phenoxy) is 1. The van der Waals surface area contributed by atoms with E-state index in [2.05, 4.69) is 123 Å². The molecule has 44 heavy (non-hydrogen) atoms. The Bertz CT molecular complexity index is 1220. The van der Waals surface area contributed by atoms with Gasteiger partial charge in [0.05, 0.1) is 0 Å². The Morgan fingerprint density at radius 3 is 1.98 bits per heavy atom. The van der Waals surface area contributed by atoms with Crippen LogP contribution in [-0.4, -0.2) is 50.0 Å². The van der Waals surface area contributed by atoms with Crippen molar-refractivity contribution in [1.29, 1.82) is 0 Å². The van der Waals surface area contributed by atoms with Crippen molar-refractivity contribution in [3.8, 4) is 11.5 Å². The van der Waals surface area contributed by atoms with Gasteiger partial charge in [0.25, 0.3) is 0 Å².